The number of rotatable bonds is 10. The Hall–Kier alpha value is -4.74. The van der Waals surface area contributed by atoms with Crippen LogP contribution in [0.3, 0.4) is 0 Å². The molecule has 45 heavy (non-hydrogen) atoms. The van der Waals surface area contributed by atoms with Gasteiger partial charge in [0.05, 0.1) is 41.6 Å². The maximum Gasteiger partial charge on any atom is 0.255 e. The van der Waals surface area contributed by atoms with Gasteiger partial charge in [-0.15, -0.1) is 21.5 Å². The van der Waals surface area contributed by atoms with Gasteiger partial charge in [0.1, 0.15) is 5.75 Å². The van der Waals surface area contributed by atoms with E-state index in [-0.39, 0.29) is 30.2 Å². The fourth-order valence-electron chi connectivity index (χ4n) is 5.19. The highest BCUT2D eigenvalue weighted by molar-refractivity contribution is 7.99. The normalized spacial score (nSPS) is 14.3. The molecule has 2 amide bonds. The van der Waals surface area contributed by atoms with E-state index in [4.69, 9.17) is 9.84 Å². The summed E-state index contributed by atoms with van der Waals surface area (Å²) in [6.07, 6.45) is 0.648. The van der Waals surface area contributed by atoms with E-state index < -0.39 is 0 Å². The largest absolute Gasteiger partial charge is 0.496 e. The number of carbonyl (C=O) groups is 2. The highest BCUT2D eigenvalue weighted by Crippen LogP contribution is 2.35. The molecule has 0 fully saturated rings. The highest BCUT2D eigenvalue weighted by atomic mass is 32.2. The van der Waals surface area contributed by atoms with Crippen LogP contribution in [0.15, 0.2) is 101 Å². The second-order valence-electron chi connectivity index (χ2n) is 10.6. The quantitative estimate of drug-likeness (QED) is 0.179. The van der Waals surface area contributed by atoms with Crippen LogP contribution < -0.4 is 10.1 Å². The number of hydrogen-bond donors (Lipinski definition) is 1. The SMILES string of the molecule is COc1ccccc1C(=O)NCc1nnc(SCC(=O)N2N=C(c3cccs3)C[C@H]2c2ccc(C)cc2)n1-c1cccc(C)c1. The third-order valence-corrected chi connectivity index (χ3v) is 9.31. The van der Waals surface area contributed by atoms with Crippen molar-refractivity contribution in [1.82, 2.24) is 25.1 Å². The van der Waals surface area contributed by atoms with E-state index in [9.17, 15) is 9.59 Å². The lowest BCUT2D eigenvalue weighted by Gasteiger charge is -2.22. The third kappa shape index (κ3) is 6.69. The summed E-state index contributed by atoms with van der Waals surface area (Å²) in [6.45, 7) is 4.19. The third-order valence-electron chi connectivity index (χ3n) is 7.48. The molecular formula is C34H32N6O3S2. The molecule has 6 rings (SSSR count). The first-order valence-electron chi connectivity index (χ1n) is 14.5. The first kappa shape index (κ1) is 30.3. The topological polar surface area (TPSA) is 102 Å². The number of thioether (sulfide) groups is 1. The van der Waals surface area contributed by atoms with Crippen LogP contribution in [-0.4, -0.2) is 50.2 Å². The molecule has 3 heterocycles. The summed E-state index contributed by atoms with van der Waals surface area (Å²) >= 11 is 2.92. The van der Waals surface area contributed by atoms with Crippen LogP contribution in [-0.2, 0) is 11.3 Å². The van der Waals surface area contributed by atoms with Gasteiger partial charge in [-0.1, -0.05) is 71.9 Å². The predicted octanol–water partition coefficient (Wildman–Crippen LogP) is 6.35. The van der Waals surface area contributed by atoms with E-state index in [1.807, 2.05) is 66.3 Å². The van der Waals surface area contributed by atoms with Gasteiger partial charge >= 0.3 is 0 Å². The lowest BCUT2D eigenvalue weighted by Crippen LogP contribution is -2.28. The number of nitrogens with zero attached hydrogens (tertiary/aromatic N) is 5. The van der Waals surface area contributed by atoms with Crippen molar-refractivity contribution in [3.63, 3.8) is 0 Å². The number of hydrogen-bond acceptors (Lipinski definition) is 8. The molecule has 1 aliphatic heterocycles. The average Bonchev–Trinajstić information content (AvgIpc) is 3.83. The van der Waals surface area contributed by atoms with Crippen LogP contribution in [0.2, 0.25) is 0 Å². The molecule has 0 saturated heterocycles. The molecular weight excluding hydrogens is 605 g/mol. The van der Waals surface area contributed by atoms with Crippen molar-refractivity contribution < 1.29 is 14.3 Å². The van der Waals surface area contributed by atoms with Crippen molar-refractivity contribution in [3.05, 3.63) is 123 Å². The van der Waals surface area contributed by atoms with Gasteiger partial charge < -0.3 is 10.1 Å². The Morgan fingerprint density at radius 1 is 0.978 bits per heavy atom. The number of nitrogens with one attached hydrogen (secondary N) is 1. The predicted molar refractivity (Wildman–Crippen MR) is 177 cm³/mol. The summed E-state index contributed by atoms with van der Waals surface area (Å²) < 4.78 is 7.24. The summed E-state index contributed by atoms with van der Waals surface area (Å²) in [5, 5.41) is 20.8. The van der Waals surface area contributed by atoms with Gasteiger partial charge in [0.2, 0.25) is 0 Å². The summed E-state index contributed by atoms with van der Waals surface area (Å²) in [6, 6.07) is 27.1. The Bertz CT molecular complexity index is 1850. The molecule has 0 bridgehead atoms. The van der Waals surface area contributed by atoms with Crippen LogP contribution in [0.1, 0.15) is 50.2 Å². The second kappa shape index (κ2) is 13.5. The zero-order chi connectivity index (χ0) is 31.3. The van der Waals surface area contributed by atoms with Crippen LogP contribution in [0.4, 0.5) is 0 Å². The number of ether oxygens (including phenoxy) is 1. The average molecular weight is 637 g/mol. The number of amides is 2. The van der Waals surface area contributed by atoms with Crippen molar-refractivity contribution in [2.75, 3.05) is 12.9 Å². The zero-order valence-corrected chi connectivity index (χ0v) is 26.8. The zero-order valence-electron chi connectivity index (χ0n) is 25.1. The molecule has 228 valence electrons. The van der Waals surface area contributed by atoms with Crippen molar-refractivity contribution in [3.8, 4) is 11.4 Å². The van der Waals surface area contributed by atoms with Crippen molar-refractivity contribution in [1.29, 1.82) is 0 Å². The number of benzene rings is 3. The summed E-state index contributed by atoms with van der Waals surface area (Å²) in [5.41, 5.74) is 5.45. The first-order chi connectivity index (χ1) is 21.9. The molecule has 0 saturated carbocycles. The molecule has 0 unspecified atom stereocenters. The molecule has 1 atom stereocenters. The molecule has 0 radical (unpaired) electrons. The molecule has 2 aromatic heterocycles. The van der Waals surface area contributed by atoms with E-state index in [0.717, 1.165) is 33.0 Å². The summed E-state index contributed by atoms with van der Waals surface area (Å²) in [7, 11) is 1.53. The van der Waals surface area contributed by atoms with E-state index in [1.165, 1.54) is 18.9 Å². The van der Waals surface area contributed by atoms with E-state index in [2.05, 4.69) is 39.8 Å². The van der Waals surface area contributed by atoms with Crippen LogP contribution in [0.5, 0.6) is 5.75 Å². The second-order valence-corrected chi connectivity index (χ2v) is 12.5. The smallest absolute Gasteiger partial charge is 0.255 e. The minimum Gasteiger partial charge on any atom is -0.496 e. The molecule has 0 spiro atoms. The number of hydrazone groups is 1. The van der Waals surface area contributed by atoms with Gasteiger partial charge in [-0.25, -0.2) is 5.01 Å². The fraction of sp³-hybridized carbons (Fsp3) is 0.206. The van der Waals surface area contributed by atoms with Gasteiger partial charge in [0.15, 0.2) is 11.0 Å². The first-order valence-corrected chi connectivity index (χ1v) is 16.3. The van der Waals surface area contributed by atoms with E-state index >= 15 is 0 Å². The molecule has 0 aliphatic carbocycles. The van der Waals surface area contributed by atoms with Gasteiger partial charge in [0.25, 0.3) is 11.8 Å². The lowest BCUT2D eigenvalue weighted by atomic mass is 10.00. The Morgan fingerprint density at radius 2 is 1.80 bits per heavy atom. The molecule has 9 nitrogen and oxygen atoms in total. The number of para-hydroxylation sites is 1. The van der Waals surface area contributed by atoms with E-state index in [1.54, 1.807) is 34.5 Å². The Kier molecular flexibility index (Phi) is 9.08. The van der Waals surface area contributed by atoms with Crippen LogP contribution in [0.25, 0.3) is 5.69 Å². The Morgan fingerprint density at radius 3 is 2.56 bits per heavy atom. The van der Waals surface area contributed by atoms with Gasteiger partial charge in [-0.3, -0.25) is 14.2 Å². The number of methoxy groups -OCH3 is 1. The Balaban J connectivity index is 1.24. The molecule has 11 heteroatoms. The van der Waals surface area contributed by atoms with Crippen LogP contribution >= 0.6 is 23.1 Å². The minimum absolute atomic E-state index is 0.112. The molecule has 1 N–H and O–H groups in total. The summed E-state index contributed by atoms with van der Waals surface area (Å²) in [5.74, 6) is 0.727. The molecule has 3 aromatic carbocycles. The van der Waals surface area contributed by atoms with Crippen LogP contribution in [0, 0.1) is 13.8 Å². The lowest BCUT2D eigenvalue weighted by molar-refractivity contribution is -0.130. The molecule has 1 aliphatic rings. The maximum atomic E-state index is 13.8. The van der Waals surface area contributed by atoms with Gasteiger partial charge in [-0.2, -0.15) is 5.10 Å². The number of thiophene rings is 1. The highest BCUT2D eigenvalue weighted by Gasteiger charge is 2.33. The van der Waals surface area contributed by atoms with E-state index in [0.29, 0.717) is 28.7 Å². The van der Waals surface area contributed by atoms with Gasteiger partial charge in [0, 0.05) is 12.1 Å². The summed E-state index contributed by atoms with van der Waals surface area (Å²) in [4.78, 5) is 27.9. The van der Waals surface area contributed by atoms with Crippen molar-refractivity contribution >= 4 is 40.6 Å². The fourth-order valence-corrected chi connectivity index (χ4v) is 6.74. The van der Waals surface area contributed by atoms with Crippen molar-refractivity contribution in [2.45, 2.75) is 38.0 Å². The Labute approximate surface area is 270 Å². The number of carbonyl (C=O) groups excluding carboxylic acids is 2. The van der Waals surface area contributed by atoms with Crippen molar-refractivity contribution in [2.24, 2.45) is 5.10 Å². The maximum absolute atomic E-state index is 13.8. The standard InChI is InChI=1S/C34H32N6O3S2/c1-22-13-15-24(16-14-22)28-19-27(30-12-7-17-44-30)38-40(28)32(41)21-45-34-37-36-31(39(34)25-9-6-8-23(2)18-25)20-35-33(42)26-10-4-5-11-29(26)43-3/h4-18,28H,19-21H2,1-3H3,(H,35,42)/t28-/m0/s1. The number of aromatic nitrogens is 3. The molecule has 5 aromatic rings. The monoisotopic (exact) mass is 636 g/mol. The number of aryl methyl sites for hydroxylation is 2. The minimum atomic E-state index is -0.286. The van der Waals surface area contributed by atoms with Gasteiger partial charge in [-0.05, 0) is 60.7 Å².